The Morgan fingerprint density at radius 3 is 2.34 bits per heavy atom. The number of benzene rings is 2. The van der Waals surface area contributed by atoms with E-state index in [0.29, 0.717) is 5.91 Å². The maximum Gasteiger partial charge on any atom is 0.222 e. The van der Waals surface area contributed by atoms with Crippen LogP contribution >= 0.6 is 11.8 Å². The molecule has 6 heteroatoms. The predicted molar refractivity (Wildman–Crippen MR) is 118 cm³/mol. The van der Waals surface area contributed by atoms with Gasteiger partial charge in [0.1, 0.15) is 0 Å². The van der Waals surface area contributed by atoms with Crippen molar-refractivity contribution in [1.29, 1.82) is 0 Å². The molecule has 0 aromatic heterocycles. The summed E-state index contributed by atoms with van der Waals surface area (Å²) in [4.78, 5) is 15.9. The van der Waals surface area contributed by atoms with Crippen molar-refractivity contribution in [3.8, 4) is 0 Å². The summed E-state index contributed by atoms with van der Waals surface area (Å²) in [5.41, 5.74) is 2.22. The van der Waals surface area contributed by atoms with Gasteiger partial charge in [-0.3, -0.25) is 4.79 Å². The van der Waals surface area contributed by atoms with E-state index < -0.39 is 0 Å². The van der Waals surface area contributed by atoms with Crippen molar-refractivity contribution in [2.45, 2.75) is 42.2 Å². The number of likely N-dealkylation sites (tertiary alicyclic amines) is 1. The molecular weight excluding hydrogens is 382 g/mol. The molecule has 1 fully saturated rings. The van der Waals surface area contributed by atoms with Crippen LogP contribution in [0.4, 0.5) is 0 Å². The third kappa shape index (κ3) is 6.85. The fourth-order valence-electron chi connectivity index (χ4n) is 3.46. The molecule has 1 amide bonds. The van der Waals surface area contributed by atoms with Gasteiger partial charge in [0.2, 0.25) is 5.91 Å². The highest BCUT2D eigenvalue weighted by Crippen LogP contribution is 2.32. The monoisotopic (exact) mass is 413 g/mol. The molecule has 2 aromatic rings. The highest BCUT2D eigenvalue weighted by atomic mass is 32.2. The van der Waals surface area contributed by atoms with Gasteiger partial charge in [-0.1, -0.05) is 48.2 Å². The second-order valence-corrected chi connectivity index (χ2v) is 8.32. The van der Waals surface area contributed by atoms with E-state index >= 15 is 0 Å². The minimum Gasteiger partial charge on any atom is -0.392 e. The molecule has 0 atom stereocenters. The molecule has 5 nitrogen and oxygen atoms in total. The Hall–Kier alpha value is -1.86. The van der Waals surface area contributed by atoms with Crippen LogP contribution in [0.3, 0.4) is 0 Å². The van der Waals surface area contributed by atoms with E-state index in [-0.39, 0.29) is 6.61 Å². The molecule has 156 valence electrons. The number of aliphatic hydroxyl groups excluding tert-OH is 1. The summed E-state index contributed by atoms with van der Waals surface area (Å²) in [5, 5.41) is 16.5. The van der Waals surface area contributed by atoms with Crippen LogP contribution in [-0.2, 0) is 17.9 Å². The molecule has 3 N–H and O–H groups in total. The molecule has 1 aliphatic rings. The zero-order chi connectivity index (χ0) is 20.3. The van der Waals surface area contributed by atoms with Gasteiger partial charge < -0.3 is 20.6 Å². The van der Waals surface area contributed by atoms with Crippen molar-refractivity contribution in [2.24, 2.45) is 0 Å². The zero-order valence-electron chi connectivity index (χ0n) is 16.9. The normalized spacial score (nSPS) is 14.0. The van der Waals surface area contributed by atoms with Crippen LogP contribution in [0.1, 0.15) is 30.4 Å². The van der Waals surface area contributed by atoms with Crippen LogP contribution < -0.4 is 10.6 Å². The maximum atomic E-state index is 11.6. The largest absolute Gasteiger partial charge is 0.392 e. The molecule has 29 heavy (non-hydrogen) atoms. The summed E-state index contributed by atoms with van der Waals surface area (Å²) >= 11 is 1.70. The van der Waals surface area contributed by atoms with Crippen molar-refractivity contribution in [1.82, 2.24) is 15.5 Å². The lowest BCUT2D eigenvalue weighted by atomic mass is 10.2. The first-order chi connectivity index (χ1) is 14.3. The molecule has 3 rings (SSSR count). The number of rotatable bonds is 12. The highest BCUT2D eigenvalue weighted by Gasteiger charge is 2.18. The van der Waals surface area contributed by atoms with Crippen LogP contribution in [0.15, 0.2) is 58.3 Å². The van der Waals surface area contributed by atoms with Gasteiger partial charge in [-0.2, -0.15) is 0 Å². The van der Waals surface area contributed by atoms with Gasteiger partial charge in [0.25, 0.3) is 0 Å². The predicted octanol–water partition coefficient (Wildman–Crippen LogP) is 3.02. The van der Waals surface area contributed by atoms with Gasteiger partial charge in [-0.15, -0.1) is 0 Å². The van der Waals surface area contributed by atoms with E-state index in [0.717, 1.165) is 69.0 Å². The second-order valence-electron chi connectivity index (χ2n) is 7.24. The zero-order valence-corrected chi connectivity index (χ0v) is 17.7. The van der Waals surface area contributed by atoms with Gasteiger partial charge in [0, 0.05) is 48.9 Å². The summed E-state index contributed by atoms with van der Waals surface area (Å²) in [6.07, 6.45) is 2.75. The first-order valence-corrected chi connectivity index (χ1v) is 11.2. The van der Waals surface area contributed by atoms with Crippen LogP contribution in [0, 0.1) is 0 Å². The molecule has 1 aliphatic heterocycles. The Morgan fingerprint density at radius 2 is 1.62 bits per heavy atom. The Kier molecular flexibility index (Phi) is 9.02. The lowest BCUT2D eigenvalue weighted by Gasteiger charge is -2.15. The third-order valence-electron chi connectivity index (χ3n) is 5.08. The molecule has 0 bridgehead atoms. The summed E-state index contributed by atoms with van der Waals surface area (Å²) in [6, 6.07) is 16.4. The number of carbonyl (C=O) groups is 1. The Balaban J connectivity index is 1.36. The summed E-state index contributed by atoms with van der Waals surface area (Å²) in [5.74, 6) is 0.310. The smallest absolute Gasteiger partial charge is 0.222 e. The molecule has 0 saturated carbocycles. The molecule has 0 aliphatic carbocycles. The minimum absolute atomic E-state index is 0.0567. The number of nitrogens with one attached hydrogen (secondary N) is 2. The summed E-state index contributed by atoms with van der Waals surface area (Å²) < 4.78 is 0. The number of hydrogen-bond donors (Lipinski definition) is 3. The highest BCUT2D eigenvalue weighted by molar-refractivity contribution is 7.99. The Morgan fingerprint density at radius 1 is 0.931 bits per heavy atom. The lowest BCUT2D eigenvalue weighted by Crippen LogP contribution is -2.31. The number of hydrogen-bond acceptors (Lipinski definition) is 5. The molecule has 1 heterocycles. The van der Waals surface area contributed by atoms with Crippen LogP contribution in [0.25, 0.3) is 0 Å². The number of carbonyl (C=O) groups excluding carboxylic acids is 1. The molecular formula is C23H31N3O2S. The quantitative estimate of drug-likeness (QED) is 0.467. The standard InChI is InChI=1S/C23H31N3O2S/c27-18-20-8-2-4-10-22(20)29-21-9-3-1-7-19(21)17-25-14-13-24-12-6-16-26-15-5-11-23(26)28/h1-4,7-10,24-25,27H,5-6,11-18H2. The molecule has 2 aromatic carbocycles. The van der Waals surface area contributed by atoms with Crippen LogP contribution in [0.5, 0.6) is 0 Å². The van der Waals surface area contributed by atoms with Gasteiger partial charge >= 0.3 is 0 Å². The first kappa shape index (κ1) is 21.8. The van der Waals surface area contributed by atoms with Crippen LogP contribution in [-0.4, -0.2) is 48.6 Å². The Labute approximate surface area is 177 Å². The van der Waals surface area contributed by atoms with E-state index in [1.54, 1.807) is 11.8 Å². The van der Waals surface area contributed by atoms with Crippen molar-refractivity contribution in [3.05, 3.63) is 59.7 Å². The van der Waals surface area contributed by atoms with Gasteiger partial charge in [-0.05, 0) is 42.6 Å². The summed E-state index contributed by atoms with van der Waals surface area (Å²) in [6.45, 7) is 5.43. The van der Waals surface area contributed by atoms with Gasteiger partial charge in [-0.25, -0.2) is 0 Å². The SMILES string of the molecule is O=C1CCCN1CCCNCCNCc1ccccc1Sc1ccccc1CO. The van der Waals surface area contributed by atoms with Crippen LogP contribution in [0.2, 0.25) is 0 Å². The first-order valence-electron chi connectivity index (χ1n) is 10.4. The number of amides is 1. The van der Waals surface area contributed by atoms with Crippen molar-refractivity contribution in [3.63, 3.8) is 0 Å². The van der Waals surface area contributed by atoms with Crippen molar-refractivity contribution >= 4 is 17.7 Å². The van der Waals surface area contributed by atoms with E-state index in [1.807, 2.05) is 23.1 Å². The topological polar surface area (TPSA) is 64.6 Å². The lowest BCUT2D eigenvalue weighted by molar-refractivity contribution is -0.127. The number of aliphatic hydroxyl groups is 1. The van der Waals surface area contributed by atoms with E-state index in [2.05, 4.69) is 41.0 Å². The average molecular weight is 414 g/mol. The average Bonchev–Trinajstić information content (AvgIpc) is 3.16. The van der Waals surface area contributed by atoms with E-state index in [1.165, 1.54) is 10.5 Å². The van der Waals surface area contributed by atoms with E-state index in [4.69, 9.17) is 0 Å². The molecule has 0 unspecified atom stereocenters. The van der Waals surface area contributed by atoms with Gasteiger partial charge in [0.05, 0.1) is 6.61 Å². The summed E-state index contributed by atoms with van der Waals surface area (Å²) in [7, 11) is 0. The van der Waals surface area contributed by atoms with Gasteiger partial charge in [0.15, 0.2) is 0 Å². The number of nitrogens with zero attached hydrogens (tertiary/aromatic N) is 1. The fourth-order valence-corrected chi connectivity index (χ4v) is 4.53. The van der Waals surface area contributed by atoms with Crippen molar-refractivity contribution < 1.29 is 9.90 Å². The fraction of sp³-hybridized carbons (Fsp3) is 0.435. The maximum absolute atomic E-state index is 11.6. The van der Waals surface area contributed by atoms with Crippen molar-refractivity contribution in [2.75, 3.05) is 32.7 Å². The van der Waals surface area contributed by atoms with E-state index in [9.17, 15) is 9.90 Å². The second kappa shape index (κ2) is 12.0. The molecule has 0 radical (unpaired) electrons. The molecule has 1 saturated heterocycles. The minimum atomic E-state index is 0.0567. The molecule has 0 spiro atoms. The Bertz CT molecular complexity index is 784. The third-order valence-corrected chi connectivity index (χ3v) is 6.32.